The molecular formula is C13H18N2O3S. The van der Waals surface area contributed by atoms with Crippen LogP contribution in [0.25, 0.3) is 0 Å². The number of hydrogen-bond donors (Lipinski definition) is 2. The van der Waals surface area contributed by atoms with Crippen LogP contribution >= 0.6 is 0 Å². The van der Waals surface area contributed by atoms with E-state index < -0.39 is 10.0 Å². The molecule has 1 aromatic carbocycles. The van der Waals surface area contributed by atoms with Crippen LogP contribution < -0.4 is 10.5 Å². The van der Waals surface area contributed by atoms with Gasteiger partial charge in [-0.15, -0.1) is 0 Å². The molecule has 0 heterocycles. The van der Waals surface area contributed by atoms with Crippen molar-refractivity contribution in [3.05, 3.63) is 29.3 Å². The van der Waals surface area contributed by atoms with Crippen molar-refractivity contribution in [2.45, 2.75) is 43.5 Å². The standard InChI is InChI=1S/C13H18N2O3S/c1-9-6-10(8-12(7-9)19(14,17)18)13(16)15-11-4-2-3-5-11/h6-8,11H,2-5H2,1H3,(H,15,16)(H2,14,17,18). The molecule has 1 fully saturated rings. The Labute approximate surface area is 113 Å². The largest absolute Gasteiger partial charge is 0.349 e. The molecular weight excluding hydrogens is 264 g/mol. The molecule has 0 radical (unpaired) electrons. The lowest BCUT2D eigenvalue weighted by Gasteiger charge is -2.12. The van der Waals surface area contributed by atoms with Crippen molar-refractivity contribution in [3.8, 4) is 0 Å². The average Bonchev–Trinajstić information content (AvgIpc) is 2.79. The highest BCUT2D eigenvalue weighted by Gasteiger charge is 2.19. The predicted molar refractivity (Wildman–Crippen MR) is 72.3 cm³/mol. The first-order valence-electron chi connectivity index (χ1n) is 6.31. The van der Waals surface area contributed by atoms with E-state index in [-0.39, 0.29) is 16.8 Å². The molecule has 5 nitrogen and oxygen atoms in total. The molecule has 1 amide bonds. The second-order valence-corrected chi connectivity index (χ2v) is 6.60. The Morgan fingerprint density at radius 3 is 2.47 bits per heavy atom. The Hall–Kier alpha value is -1.40. The van der Waals surface area contributed by atoms with E-state index in [2.05, 4.69) is 5.32 Å². The molecule has 1 aromatic rings. The molecule has 0 spiro atoms. The van der Waals surface area contributed by atoms with E-state index >= 15 is 0 Å². The average molecular weight is 282 g/mol. The van der Waals surface area contributed by atoms with E-state index in [0.29, 0.717) is 11.1 Å². The Morgan fingerprint density at radius 1 is 1.26 bits per heavy atom. The molecule has 0 aliphatic heterocycles. The van der Waals surface area contributed by atoms with Gasteiger partial charge in [-0.3, -0.25) is 4.79 Å². The predicted octanol–water partition coefficient (Wildman–Crippen LogP) is 1.31. The van der Waals surface area contributed by atoms with Crippen molar-refractivity contribution in [2.24, 2.45) is 5.14 Å². The lowest BCUT2D eigenvalue weighted by Crippen LogP contribution is -2.32. The van der Waals surface area contributed by atoms with E-state index in [1.54, 1.807) is 13.0 Å². The maximum Gasteiger partial charge on any atom is 0.251 e. The number of nitrogens with one attached hydrogen (secondary N) is 1. The van der Waals surface area contributed by atoms with E-state index in [0.717, 1.165) is 25.7 Å². The van der Waals surface area contributed by atoms with Crippen molar-refractivity contribution in [2.75, 3.05) is 0 Å². The van der Waals surface area contributed by atoms with Gasteiger partial charge < -0.3 is 5.32 Å². The van der Waals surface area contributed by atoms with Crippen LogP contribution in [0.2, 0.25) is 0 Å². The van der Waals surface area contributed by atoms with Crippen molar-refractivity contribution in [1.29, 1.82) is 0 Å². The Balaban J connectivity index is 2.24. The summed E-state index contributed by atoms with van der Waals surface area (Å²) >= 11 is 0. The van der Waals surface area contributed by atoms with E-state index in [4.69, 9.17) is 5.14 Å². The van der Waals surface area contributed by atoms with Crippen LogP contribution in [0.5, 0.6) is 0 Å². The number of sulfonamides is 1. The SMILES string of the molecule is Cc1cc(C(=O)NC2CCCC2)cc(S(N)(=O)=O)c1. The minimum atomic E-state index is -3.79. The van der Waals surface area contributed by atoms with Gasteiger partial charge in [-0.2, -0.15) is 0 Å². The van der Waals surface area contributed by atoms with Crippen LogP contribution in [0.1, 0.15) is 41.6 Å². The van der Waals surface area contributed by atoms with Gasteiger partial charge in [0.2, 0.25) is 10.0 Å². The minimum absolute atomic E-state index is 0.0240. The van der Waals surface area contributed by atoms with Gasteiger partial charge in [-0.25, -0.2) is 13.6 Å². The number of nitrogens with two attached hydrogens (primary N) is 1. The highest BCUT2D eigenvalue weighted by molar-refractivity contribution is 7.89. The van der Waals surface area contributed by atoms with Gasteiger partial charge >= 0.3 is 0 Å². The number of rotatable bonds is 3. The summed E-state index contributed by atoms with van der Waals surface area (Å²) in [6.45, 7) is 1.74. The van der Waals surface area contributed by atoms with Crippen molar-refractivity contribution < 1.29 is 13.2 Å². The third kappa shape index (κ3) is 3.54. The summed E-state index contributed by atoms with van der Waals surface area (Å²) in [7, 11) is -3.79. The lowest BCUT2D eigenvalue weighted by molar-refractivity contribution is 0.0937. The van der Waals surface area contributed by atoms with Gasteiger partial charge in [0.25, 0.3) is 5.91 Å². The second-order valence-electron chi connectivity index (χ2n) is 5.03. The van der Waals surface area contributed by atoms with Crippen LogP contribution in [-0.2, 0) is 10.0 Å². The van der Waals surface area contributed by atoms with Crippen molar-refractivity contribution in [1.82, 2.24) is 5.32 Å². The number of primary sulfonamides is 1. The fourth-order valence-electron chi connectivity index (χ4n) is 2.38. The van der Waals surface area contributed by atoms with Crippen molar-refractivity contribution >= 4 is 15.9 Å². The van der Waals surface area contributed by atoms with Gasteiger partial charge in [-0.1, -0.05) is 12.8 Å². The number of hydrogen-bond acceptors (Lipinski definition) is 3. The molecule has 2 rings (SSSR count). The quantitative estimate of drug-likeness (QED) is 0.876. The highest BCUT2D eigenvalue weighted by atomic mass is 32.2. The number of aryl methyl sites for hydroxylation is 1. The summed E-state index contributed by atoms with van der Waals surface area (Å²) < 4.78 is 22.7. The van der Waals surface area contributed by atoms with Gasteiger partial charge in [0.05, 0.1) is 4.90 Å². The molecule has 0 saturated heterocycles. The Morgan fingerprint density at radius 2 is 1.89 bits per heavy atom. The fourth-order valence-corrected chi connectivity index (χ4v) is 3.02. The highest BCUT2D eigenvalue weighted by Crippen LogP contribution is 2.19. The van der Waals surface area contributed by atoms with Gasteiger partial charge in [-0.05, 0) is 43.5 Å². The van der Waals surface area contributed by atoms with Crippen LogP contribution in [0.15, 0.2) is 23.1 Å². The molecule has 104 valence electrons. The first-order chi connectivity index (χ1) is 8.86. The van der Waals surface area contributed by atoms with Gasteiger partial charge in [0.1, 0.15) is 0 Å². The van der Waals surface area contributed by atoms with Gasteiger partial charge in [0, 0.05) is 11.6 Å². The summed E-state index contributed by atoms with van der Waals surface area (Å²) in [6, 6.07) is 4.65. The number of carbonyl (C=O) groups excluding carboxylic acids is 1. The zero-order chi connectivity index (χ0) is 14.0. The van der Waals surface area contributed by atoms with Gasteiger partial charge in [0.15, 0.2) is 0 Å². The summed E-state index contributed by atoms with van der Waals surface area (Å²) in [5.41, 5.74) is 1.04. The monoisotopic (exact) mass is 282 g/mol. The maximum atomic E-state index is 12.1. The van der Waals surface area contributed by atoms with E-state index in [1.165, 1.54) is 12.1 Å². The zero-order valence-electron chi connectivity index (χ0n) is 10.8. The lowest BCUT2D eigenvalue weighted by atomic mass is 10.1. The van der Waals surface area contributed by atoms with Crippen LogP contribution in [0.4, 0.5) is 0 Å². The number of carbonyl (C=O) groups is 1. The van der Waals surface area contributed by atoms with Crippen LogP contribution in [-0.4, -0.2) is 20.4 Å². The smallest absolute Gasteiger partial charge is 0.251 e. The summed E-state index contributed by atoms with van der Waals surface area (Å²) in [5.74, 6) is -0.236. The molecule has 1 saturated carbocycles. The first kappa shape index (κ1) is 14.0. The molecule has 1 aliphatic carbocycles. The molecule has 19 heavy (non-hydrogen) atoms. The molecule has 0 atom stereocenters. The zero-order valence-corrected chi connectivity index (χ0v) is 11.7. The first-order valence-corrected chi connectivity index (χ1v) is 7.86. The summed E-state index contributed by atoms with van der Waals surface area (Å²) in [6.07, 6.45) is 4.22. The molecule has 6 heteroatoms. The van der Waals surface area contributed by atoms with E-state index in [1.807, 2.05) is 0 Å². The topological polar surface area (TPSA) is 89.3 Å². The summed E-state index contributed by atoms with van der Waals surface area (Å²) in [5, 5.41) is 8.03. The summed E-state index contributed by atoms with van der Waals surface area (Å²) in [4.78, 5) is 12.1. The maximum absolute atomic E-state index is 12.1. The minimum Gasteiger partial charge on any atom is -0.349 e. The van der Waals surface area contributed by atoms with Crippen LogP contribution in [0.3, 0.4) is 0 Å². The normalized spacial score (nSPS) is 16.5. The fraction of sp³-hybridized carbons (Fsp3) is 0.462. The second kappa shape index (κ2) is 5.30. The Bertz CT molecular complexity index is 590. The third-order valence-corrected chi connectivity index (χ3v) is 4.22. The molecule has 3 N–H and O–H groups in total. The third-order valence-electron chi connectivity index (χ3n) is 3.33. The number of benzene rings is 1. The molecule has 1 aliphatic rings. The number of amides is 1. The molecule has 0 bridgehead atoms. The molecule has 0 unspecified atom stereocenters. The van der Waals surface area contributed by atoms with Crippen molar-refractivity contribution in [3.63, 3.8) is 0 Å². The van der Waals surface area contributed by atoms with Crippen LogP contribution in [0, 0.1) is 6.92 Å². The molecule has 0 aromatic heterocycles. The Kier molecular flexibility index (Phi) is 3.91. The van der Waals surface area contributed by atoms with E-state index in [9.17, 15) is 13.2 Å².